The number of nitrogens with zero attached hydrogens (tertiary/aromatic N) is 3. The van der Waals surface area contributed by atoms with Crippen molar-refractivity contribution < 1.29 is 9.47 Å². The number of benzene rings is 1. The Hall–Kier alpha value is -2.82. The molecule has 0 radical (unpaired) electrons. The highest BCUT2D eigenvalue weighted by Crippen LogP contribution is 2.35. The smallest absolute Gasteiger partial charge is 0.144 e. The van der Waals surface area contributed by atoms with Gasteiger partial charge < -0.3 is 14.0 Å². The maximum absolute atomic E-state index is 5.54. The average Bonchev–Trinajstić information content (AvgIpc) is 3.12. The molecule has 2 aromatic heterocycles. The number of aromatic nitrogens is 3. The zero-order valence-electron chi connectivity index (χ0n) is 14.1. The van der Waals surface area contributed by atoms with Crippen LogP contribution in [0.25, 0.3) is 11.4 Å². The minimum absolute atomic E-state index is 0.192. The number of imidazole rings is 1. The molecule has 1 atom stereocenters. The van der Waals surface area contributed by atoms with Crippen molar-refractivity contribution in [3.05, 3.63) is 60.7 Å². The molecule has 0 fully saturated rings. The quantitative estimate of drug-likeness (QED) is 0.689. The highest BCUT2D eigenvalue weighted by molar-refractivity contribution is 5.66. The normalized spacial score (nSPS) is 12.0. The van der Waals surface area contributed by atoms with Crippen LogP contribution in [0.1, 0.15) is 24.9 Å². The lowest BCUT2D eigenvalue weighted by molar-refractivity contribution is 0.395. The van der Waals surface area contributed by atoms with E-state index >= 15 is 0 Å². The summed E-state index contributed by atoms with van der Waals surface area (Å²) in [7, 11) is 3.30. The van der Waals surface area contributed by atoms with Gasteiger partial charge in [-0.15, -0.1) is 0 Å². The lowest BCUT2D eigenvalue weighted by Crippen LogP contribution is -2.11. The monoisotopic (exact) mass is 323 g/mol. The van der Waals surface area contributed by atoms with Gasteiger partial charge in [0.05, 0.1) is 25.8 Å². The fourth-order valence-corrected chi connectivity index (χ4v) is 2.93. The molecule has 2 heterocycles. The fourth-order valence-electron chi connectivity index (χ4n) is 2.93. The fraction of sp³-hybridized carbons (Fsp3) is 0.263. The summed E-state index contributed by atoms with van der Waals surface area (Å²) >= 11 is 0. The van der Waals surface area contributed by atoms with E-state index in [-0.39, 0.29) is 6.04 Å². The lowest BCUT2D eigenvalue weighted by Gasteiger charge is -2.20. The summed E-state index contributed by atoms with van der Waals surface area (Å²) in [4.78, 5) is 8.68. The lowest BCUT2D eigenvalue weighted by atomic mass is 10.0. The Balaban J connectivity index is 2.08. The topological polar surface area (TPSA) is 49.2 Å². The van der Waals surface area contributed by atoms with E-state index in [1.807, 2.05) is 55.1 Å². The first-order valence-corrected chi connectivity index (χ1v) is 7.93. The predicted molar refractivity (Wildman–Crippen MR) is 93.4 cm³/mol. The first-order valence-electron chi connectivity index (χ1n) is 7.93. The summed E-state index contributed by atoms with van der Waals surface area (Å²) in [5, 5.41) is 0. The van der Waals surface area contributed by atoms with E-state index in [4.69, 9.17) is 9.47 Å². The van der Waals surface area contributed by atoms with Crippen molar-refractivity contribution in [1.29, 1.82) is 0 Å². The maximum atomic E-state index is 5.54. The van der Waals surface area contributed by atoms with Crippen LogP contribution in [0.4, 0.5) is 0 Å². The highest BCUT2D eigenvalue weighted by atomic mass is 16.5. The van der Waals surface area contributed by atoms with Crippen LogP contribution >= 0.6 is 0 Å². The molecule has 5 heteroatoms. The molecule has 0 aliphatic rings. The van der Waals surface area contributed by atoms with E-state index in [9.17, 15) is 0 Å². The third-order valence-electron chi connectivity index (χ3n) is 4.13. The van der Waals surface area contributed by atoms with Crippen molar-refractivity contribution in [2.45, 2.75) is 19.4 Å². The van der Waals surface area contributed by atoms with Crippen LogP contribution in [0, 0.1) is 0 Å². The van der Waals surface area contributed by atoms with Gasteiger partial charge in [-0.1, -0.05) is 6.92 Å². The maximum Gasteiger partial charge on any atom is 0.144 e. The predicted octanol–water partition coefficient (Wildman–Crippen LogP) is 3.96. The molecule has 5 nitrogen and oxygen atoms in total. The molecular formula is C19H21N3O2. The van der Waals surface area contributed by atoms with Gasteiger partial charge in [0.25, 0.3) is 0 Å². The molecule has 1 unspecified atom stereocenters. The summed E-state index contributed by atoms with van der Waals surface area (Å²) in [6, 6.07) is 10.1. The Morgan fingerprint density at radius 1 is 1.04 bits per heavy atom. The Kier molecular flexibility index (Phi) is 4.79. The molecular weight excluding hydrogens is 302 g/mol. The first kappa shape index (κ1) is 16.1. The molecule has 0 amide bonds. The van der Waals surface area contributed by atoms with Gasteiger partial charge in [-0.25, -0.2) is 4.98 Å². The first-order chi connectivity index (χ1) is 11.8. The van der Waals surface area contributed by atoms with E-state index in [0.717, 1.165) is 29.3 Å². The summed E-state index contributed by atoms with van der Waals surface area (Å²) in [5.41, 5.74) is 2.15. The van der Waals surface area contributed by atoms with Gasteiger partial charge in [0.2, 0.25) is 0 Å². The molecule has 3 rings (SSSR count). The molecule has 3 aromatic rings. The summed E-state index contributed by atoms with van der Waals surface area (Å²) in [6.07, 6.45) is 8.42. The molecule has 124 valence electrons. The summed E-state index contributed by atoms with van der Waals surface area (Å²) in [6.45, 7) is 2.17. The van der Waals surface area contributed by atoms with Crippen molar-refractivity contribution in [2.24, 2.45) is 0 Å². The number of hydrogen-bond acceptors (Lipinski definition) is 4. The molecule has 0 N–H and O–H groups in total. The van der Waals surface area contributed by atoms with Crippen LogP contribution in [0.3, 0.4) is 0 Å². The molecule has 1 aromatic carbocycles. The summed E-state index contributed by atoms with van der Waals surface area (Å²) < 4.78 is 13.0. The van der Waals surface area contributed by atoms with E-state index in [1.54, 1.807) is 14.2 Å². The van der Waals surface area contributed by atoms with E-state index in [1.165, 1.54) is 5.56 Å². The number of ether oxygens (including phenoxy) is 2. The van der Waals surface area contributed by atoms with Crippen LogP contribution < -0.4 is 9.47 Å². The Labute approximate surface area is 141 Å². The van der Waals surface area contributed by atoms with Gasteiger partial charge >= 0.3 is 0 Å². The van der Waals surface area contributed by atoms with Gasteiger partial charge in [-0.2, -0.15) is 0 Å². The summed E-state index contributed by atoms with van der Waals surface area (Å²) in [5.74, 6) is 2.37. The van der Waals surface area contributed by atoms with Gasteiger partial charge in [0.15, 0.2) is 0 Å². The van der Waals surface area contributed by atoms with E-state index < -0.39 is 0 Å². The van der Waals surface area contributed by atoms with Crippen molar-refractivity contribution in [2.75, 3.05) is 14.2 Å². The van der Waals surface area contributed by atoms with Crippen molar-refractivity contribution in [3.8, 4) is 22.9 Å². The molecule has 0 aliphatic carbocycles. The SMILES string of the molecule is CCC(c1ccncc1)n1ccnc1-c1ccc(OC)cc1OC. The molecule has 0 bridgehead atoms. The van der Waals surface area contributed by atoms with Crippen molar-refractivity contribution in [3.63, 3.8) is 0 Å². The molecule has 0 saturated heterocycles. The zero-order valence-corrected chi connectivity index (χ0v) is 14.1. The zero-order chi connectivity index (χ0) is 16.9. The minimum Gasteiger partial charge on any atom is -0.497 e. The molecule has 0 spiro atoms. The minimum atomic E-state index is 0.192. The van der Waals surface area contributed by atoms with Crippen LogP contribution in [0.15, 0.2) is 55.1 Å². The van der Waals surface area contributed by atoms with Gasteiger partial charge in [-0.3, -0.25) is 4.98 Å². The van der Waals surface area contributed by atoms with Gasteiger partial charge in [-0.05, 0) is 36.2 Å². The third kappa shape index (κ3) is 2.97. The largest absolute Gasteiger partial charge is 0.497 e. The number of methoxy groups -OCH3 is 2. The van der Waals surface area contributed by atoms with Crippen molar-refractivity contribution >= 4 is 0 Å². The van der Waals surface area contributed by atoms with Crippen LogP contribution in [0.5, 0.6) is 11.5 Å². The van der Waals surface area contributed by atoms with Gasteiger partial charge in [0.1, 0.15) is 17.3 Å². The third-order valence-corrected chi connectivity index (χ3v) is 4.13. The van der Waals surface area contributed by atoms with Crippen molar-refractivity contribution in [1.82, 2.24) is 14.5 Å². The second-order valence-electron chi connectivity index (χ2n) is 5.43. The molecule has 24 heavy (non-hydrogen) atoms. The Morgan fingerprint density at radius 3 is 2.50 bits per heavy atom. The van der Waals surface area contributed by atoms with E-state index in [0.29, 0.717) is 0 Å². The van der Waals surface area contributed by atoms with E-state index in [2.05, 4.69) is 21.5 Å². The second kappa shape index (κ2) is 7.17. The average molecular weight is 323 g/mol. The number of pyridine rings is 1. The van der Waals surface area contributed by atoms with Gasteiger partial charge in [0, 0.05) is 30.9 Å². The Bertz CT molecular complexity index is 799. The second-order valence-corrected chi connectivity index (χ2v) is 5.43. The van der Waals surface area contributed by atoms with Crippen LogP contribution in [-0.4, -0.2) is 28.8 Å². The molecule has 0 saturated carbocycles. The standard InChI is InChI=1S/C19H21N3O2/c1-4-17(14-7-9-20-10-8-14)22-12-11-21-19(22)16-6-5-15(23-2)13-18(16)24-3/h5-13,17H,4H2,1-3H3. The van der Waals surface area contributed by atoms with Crippen LogP contribution in [-0.2, 0) is 0 Å². The number of hydrogen-bond donors (Lipinski definition) is 0. The van der Waals surface area contributed by atoms with Crippen LogP contribution in [0.2, 0.25) is 0 Å². The molecule has 0 aliphatic heterocycles. The highest BCUT2D eigenvalue weighted by Gasteiger charge is 2.19. The number of rotatable bonds is 6. The Morgan fingerprint density at radius 2 is 1.83 bits per heavy atom.